The van der Waals surface area contributed by atoms with E-state index in [9.17, 15) is 13.2 Å². The third-order valence-corrected chi connectivity index (χ3v) is 6.70. The van der Waals surface area contributed by atoms with Gasteiger partial charge in [-0.2, -0.15) is 4.31 Å². The molecular weight excluding hydrogens is 350 g/mol. The minimum atomic E-state index is -3.42. The molecule has 7 heteroatoms. The van der Waals surface area contributed by atoms with Gasteiger partial charge in [-0.05, 0) is 49.4 Å². The van der Waals surface area contributed by atoms with Gasteiger partial charge in [0.25, 0.3) is 0 Å². The van der Waals surface area contributed by atoms with E-state index in [2.05, 4.69) is 19.2 Å². The molecule has 1 fully saturated rings. The fraction of sp³-hybridized carbons (Fsp3) is 0.526. The first-order chi connectivity index (χ1) is 12.4. The Morgan fingerprint density at radius 3 is 2.62 bits per heavy atom. The summed E-state index contributed by atoms with van der Waals surface area (Å²) in [4.78, 5) is 12.4. The lowest BCUT2D eigenvalue weighted by molar-refractivity contribution is -0.121. The van der Waals surface area contributed by atoms with Gasteiger partial charge >= 0.3 is 0 Å². The molecule has 0 aliphatic carbocycles. The topological polar surface area (TPSA) is 71.4 Å². The number of sulfonamides is 1. The van der Waals surface area contributed by atoms with Gasteiger partial charge in [-0.15, -0.1) is 0 Å². The van der Waals surface area contributed by atoms with Crippen molar-refractivity contribution in [3.05, 3.63) is 30.5 Å². The van der Waals surface area contributed by atoms with E-state index < -0.39 is 10.0 Å². The first-order valence-corrected chi connectivity index (χ1v) is 10.7. The number of rotatable bonds is 7. The van der Waals surface area contributed by atoms with Crippen molar-refractivity contribution in [3.63, 3.8) is 0 Å². The molecule has 1 amide bonds. The molecule has 142 valence electrons. The van der Waals surface area contributed by atoms with Gasteiger partial charge in [0.05, 0.1) is 4.90 Å². The summed E-state index contributed by atoms with van der Waals surface area (Å²) in [6, 6.07) is 7.00. The number of amides is 1. The molecule has 0 spiro atoms. The summed E-state index contributed by atoms with van der Waals surface area (Å²) in [5.41, 5.74) is 0.865. The molecule has 26 heavy (non-hydrogen) atoms. The van der Waals surface area contributed by atoms with Crippen molar-refractivity contribution in [1.29, 1.82) is 0 Å². The molecule has 2 aromatic rings. The summed E-state index contributed by atoms with van der Waals surface area (Å²) in [7, 11) is -3.42. The SMILES string of the molecule is CC(C)CCNC(=O)Cn1ccc2cc(S(=O)(=O)N3CCCC3)ccc21. The van der Waals surface area contributed by atoms with Crippen LogP contribution < -0.4 is 5.32 Å². The number of aromatic nitrogens is 1. The Hall–Kier alpha value is -1.86. The van der Waals surface area contributed by atoms with Gasteiger partial charge in [0.15, 0.2) is 0 Å². The van der Waals surface area contributed by atoms with Crippen molar-refractivity contribution >= 4 is 26.8 Å². The highest BCUT2D eigenvalue weighted by atomic mass is 32.2. The van der Waals surface area contributed by atoms with Crippen LogP contribution in [0.3, 0.4) is 0 Å². The van der Waals surface area contributed by atoms with Crippen LogP contribution >= 0.6 is 0 Å². The molecule has 0 atom stereocenters. The van der Waals surface area contributed by atoms with Crippen LogP contribution in [0.1, 0.15) is 33.1 Å². The van der Waals surface area contributed by atoms with Gasteiger partial charge in [0.1, 0.15) is 6.54 Å². The highest BCUT2D eigenvalue weighted by Crippen LogP contribution is 2.25. The summed E-state index contributed by atoms with van der Waals surface area (Å²) in [5, 5.41) is 3.76. The van der Waals surface area contributed by atoms with Gasteiger partial charge in [-0.1, -0.05) is 13.8 Å². The molecular formula is C19H27N3O3S. The lowest BCUT2D eigenvalue weighted by Crippen LogP contribution is -2.29. The third-order valence-electron chi connectivity index (χ3n) is 4.80. The van der Waals surface area contributed by atoms with Crippen LogP contribution in [0, 0.1) is 5.92 Å². The summed E-state index contributed by atoms with van der Waals surface area (Å²) >= 11 is 0. The largest absolute Gasteiger partial charge is 0.355 e. The number of nitrogens with one attached hydrogen (secondary N) is 1. The highest BCUT2D eigenvalue weighted by molar-refractivity contribution is 7.89. The van der Waals surface area contributed by atoms with E-state index in [-0.39, 0.29) is 12.5 Å². The minimum absolute atomic E-state index is 0.0306. The average Bonchev–Trinajstić information content (AvgIpc) is 3.24. The minimum Gasteiger partial charge on any atom is -0.355 e. The van der Waals surface area contributed by atoms with Gasteiger partial charge in [-0.3, -0.25) is 4.79 Å². The van der Waals surface area contributed by atoms with Gasteiger partial charge in [0, 0.05) is 36.7 Å². The van der Waals surface area contributed by atoms with E-state index in [1.54, 1.807) is 22.5 Å². The normalized spacial score (nSPS) is 15.8. The highest BCUT2D eigenvalue weighted by Gasteiger charge is 2.27. The number of fused-ring (bicyclic) bond motifs is 1. The Morgan fingerprint density at radius 1 is 1.19 bits per heavy atom. The fourth-order valence-corrected chi connectivity index (χ4v) is 4.82. The zero-order valence-corrected chi connectivity index (χ0v) is 16.3. The van der Waals surface area contributed by atoms with E-state index >= 15 is 0 Å². The molecule has 1 aromatic carbocycles. The molecule has 1 aliphatic heterocycles. The van der Waals surface area contributed by atoms with E-state index in [0.29, 0.717) is 30.4 Å². The molecule has 2 heterocycles. The van der Waals surface area contributed by atoms with Gasteiger partial charge in [-0.25, -0.2) is 8.42 Å². The Labute approximate surface area is 155 Å². The first kappa shape index (κ1) is 18.9. The van der Waals surface area contributed by atoms with Crippen molar-refractivity contribution in [2.45, 2.75) is 44.6 Å². The zero-order valence-electron chi connectivity index (χ0n) is 15.4. The van der Waals surface area contributed by atoms with Crippen LogP contribution in [-0.2, 0) is 21.4 Å². The van der Waals surface area contributed by atoms with Gasteiger partial charge in [0.2, 0.25) is 15.9 Å². The maximum atomic E-state index is 12.7. The van der Waals surface area contributed by atoms with Crippen LogP contribution in [0.15, 0.2) is 35.4 Å². The van der Waals surface area contributed by atoms with Crippen molar-refractivity contribution in [3.8, 4) is 0 Å². The second kappa shape index (κ2) is 7.80. The van der Waals surface area contributed by atoms with Crippen LogP contribution in [-0.4, -0.2) is 42.8 Å². The number of carbonyl (C=O) groups is 1. The molecule has 0 saturated carbocycles. The smallest absolute Gasteiger partial charge is 0.243 e. The molecule has 3 rings (SSSR count). The lowest BCUT2D eigenvalue weighted by atomic mass is 10.1. The molecule has 1 saturated heterocycles. The predicted molar refractivity (Wildman–Crippen MR) is 102 cm³/mol. The van der Waals surface area contributed by atoms with Crippen LogP contribution in [0.2, 0.25) is 0 Å². The van der Waals surface area contributed by atoms with E-state index in [1.165, 1.54) is 0 Å². The molecule has 1 N–H and O–H groups in total. The van der Waals surface area contributed by atoms with Crippen molar-refractivity contribution in [2.24, 2.45) is 5.92 Å². The standard InChI is InChI=1S/C19H27N3O3S/c1-15(2)7-9-20-19(23)14-21-12-8-16-13-17(5-6-18(16)21)26(24,25)22-10-3-4-11-22/h5-6,8,12-13,15H,3-4,7,9-11,14H2,1-2H3,(H,20,23). The molecule has 6 nitrogen and oxygen atoms in total. The van der Waals surface area contributed by atoms with Crippen molar-refractivity contribution < 1.29 is 13.2 Å². The molecule has 0 radical (unpaired) electrons. The number of nitrogens with zero attached hydrogens (tertiary/aromatic N) is 2. The Bertz CT molecular complexity index is 881. The summed E-state index contributed by atoms with van der Waals surface area (Å²) in [5.74, 6) is 0.524. The number of hydrogen-bond donors (Lipinski definition) is 1. The number of benzene rings is 1. The van der Waals surface area contributed by atoms with Crippen LogP contribution in [0.4, 0.5) is 0 Å². The summed E-state index contributed by atoms with van der Waals surface area (Å²) in [6.07, 6.45) is 4.63. The Balaban J connectivity index is 1.74. The number of hydrogen-bond acceptors (Lipinski definition) is 3. The Morgan fingerprint density at radius 2 is 1.92 bits per heavy atom. The lowest BCUT2D eigenvalue weighted by Gasteiger charge is -2.15. The third kappa shape index (κ3) is 4.10. The van der Waals surface area contributed by atoms with Crippen molar-refractivity contribution in [1.82, 2.24) is 14.2 Å². The maximum absolute atomic E-state index is 12.7. The second-order valence-electron chi connectivity index (χ2n) is 7.31. The molecule has 0 bridgehead atoms. The summed E-state index contributed by atoms with van der Waals surface area (Å²) < 4.78 is 28.8. The Kier molecular flexibility index (Phi) is 5.67. The first-order valence-electron chi connectivity index (χ1n) is 9.23. The monoisotopic (exact) mass is 377 g/mol. The zero-order chi connectivity index (χ0) is 18.7. The molecule has 1 aliphatic rings. The van der Waals surface area contributed by atoms with E-state index in [0.717, 1.165) is 30.2 Å². The quantitative estimate of drug-likeness (QED) is 0.806. The van der Waals surface area contributed by atoms with Crippen molar-refractivity contribution in [2.75, 3.05) is 19.6 Å². The average molecular weight is 378 g/mol. The fourth-order valence-electron chi connectivity index (χ4n) is 3.26. The molecule has 0 unspecified atom stereocenters. The number of carbonyl (C=O) groups excluding carboxylic acids is 1. The van der Waals surface area contributed by atoms with Gasteiger partial charge < -0.3 is 9.88 Å². The molecule has 1 aromatic heterocycles. The van der Waals surface area contributed by atoms with E-state index in [1.807, 2.05) is 16.8 Å². The van der Waals surface area contributed by atoms with Crippen LogP contribution in [0.25, 0.3) is 10.9 Å². The van der Waals surface area contributed by atoms with E-state index in [4.69, 9.17) is 0 Å². The maximum Gasteiger partial charge on any atom is 0.243 e. The summed E-state index contributed by atoms with van der Waals surface area (Å²) in [6.45, 7) is 6.35. The van der Waals surface area contributed by atoms with Crippen LogP contribution in [0.5, 0.6) is 0 Å². The second-order valence-corrected chi connectivity index (χ2v) is 9.25. The predicted octanol–water partition coefficient (Wildman–Crippen LogP) is 2.59.